The second kappa shape index (κ2) is 3.50. The number of anilines is 1. The molecule has 0 atom stereocenters. The molecule has 0 saturated heterocycles. The van der Waals surface area contributed by atoms with Gasteiger partial charge in [0, 0.05) is 13.6 Å². The lowest BCUT2D eigenvalue weighted by Crippen LogP contribution is -2.04. The Balaban J connectivity index is 3.02. The molecule has 0 bridgehead atoms. The first-order valence-electron chi connectivity index (χ1n) is 3.17. The quantitative estimate of drug-likeness (QED) is 0.643. The van der Waals surface area contributed by atoms with Crippen molar-refractivity contribution in [1.82, 2.24) is 9.97 Å². The van der Waals surface area contributed by atoms with E-state index >= 15 is 0 Å². The molecule has 0 aliphatic rings. The summed E-state index contributed by atoms with van der Waals surface area (Å²) in [6, 6.07) is 1.64. The van der Waals surface area contributed by atoms with Gasteiger partial charge in [-0.05, 0) is 6.07 Å². The molecule has 60 valence electrons. The Hall–Kier alpha value is -0.870. The van der Waals surface area contributed by atoms with Gasteiger partial charge in [-0.3, -0.25) is 0 Å². The molecule has 0 saturated carbocycles. The fraction of sp³-hybridized carbons (Fsp3) is 0.333. The highest BCUT2D eigenvalue weighted by Crippen LogP contribution is 2.08. The zero-order chi connectivity index (χ0) is 8.27. The monoisotopic (exact) mass is 172 g/mol. The molecule has 0 radical (unpaired) electrons. The molecule has 1 rings (SSSR count). The molecule has 0 aromatic carbocycles. The Labute approximate surface area is 69.8 Å². The highest BCUT2D eigenvalue weighted by atomic mass is 35.5. The SMILES string of the molecule is CNc1nc(Cl)cc(CN)n1. The van der Waals surface area contributed by atoms with E-state index in [0.29, 0.717) is 17.6 Å². The minimum Gasteiger partial charge on any atom is -0.357 e. The van der Waals surface area contributed by atoms with Crippen LogP contribution in [0.5, 0.6) is 0 Å². The van der Waals surface area contributed by atoms with Gasteiger partial charge in [-0.15, -0.1) is 0 Å². The molecule has 0 fully saturated rings. The third-order valence-corrected chi connectivity index (χ3v) is 1.37. The van der Waals surface area contributed by atoms with Gasteiger partial charge in [-0.2, -0.15) is 0 Å². The Morgan fingerprint density at radius 1 is 1.64 bits per heavy atom. The molecule has 0 amide bonds. The van der Waals surface area contributed by atoms with Crippen LogP contribution in [0.25, 0.3) is 0 Å². The smallest absolute Gasteiger partial charge is 0.224 e. The lowest BCUT2D eigenvalue weighted by atomic mass is 10.4. The Bertz CT molecular complexity index is 228. The van der Waals surface area contributed by atoms with Crippen LogP contribution in [0.4, 0.5) is 5.95 Å². The third kappa shape index (κ3) is 2.03. The Morgan fingerprint density at radius 2 is 2.36 bits per heavy atom. The number of nitrogens with zero attached hydrogens (tertiary/aromatic N) is 2. The third-order valence-electron chi connectivity index (χ3n) is 1.18. The van der Waals surface area contributed by atoms with Crippen LogP contribution >= 0.6 is 11.6 Å². The second-order valence-corrected chi connectivity index (χ2v) is 2.35. The van der Waals surface area contributed by atoms with Crippen LogP contribution in [0.2, 0.25) is 5.15 Å². The van der Waals surface area contributed by atoms with Gasteiger partial charge >= 0.3 is 0 Å². The average Bonchev–Trinajstić information content (AvgIpc) is 2.03. The largest absolute Gasteiger partial charge is 0.357 e. The van der Waals surface area contributed by atoms with Gasteiger partial charge in [-0.25, -0.2) is 9.97 Å². The molecule has 11 heavy (non-hydrogen) atoms. The maximum absolute atomic E-state index is 5.66. The van der Waals surface area contributed by atoms with Crippen LogP contribution in [0.3, 0.4) is 0 Å². The van der Waals surface area contributed by atoms with Gasteiger partial charge in [0.05, 0.1) is 5.69 Å². The van der Waals surface area contributed by atoms with Crippen LogP contribution < -0.4 is 11.1 Å². The van der Waals surface area contributed by atoms with E-state index in [-0.39, 0.29) is 0 Å². The number of hydrogen-bond acceptors (Lipinski definition) is 4. The summed E-state index contributed by atoms with van der Waals surface area (Å²) < 4.78 is 0. The zero-order valence-corrected chi connectivity index (χ0v) is 6.89. The summed E-state index contributed by atoms with van der Waals surface area (Å²) in [5, 5.41) is 3.19. The van der Waals surface area contributed by atoms with Crippen LogP contribution in [0.1, 0.15) is 5.69 Å². The number of rotatable bonds is 2. The fourth-order valence-corrected chi connectivity index (χ4v) is 0.887. The molecule has 4 nitrogen and oxygen atoms in total. The number of hydrogen-bond donors (Lipinski definition) is 2. The maximum atomic E-state index is 5.66. The average molecular weight is 173 g/mol. The molecular formula is C6H9ClN4. The number of aromatic nitrogens is 2. The summed E-state index contributed by atoms with van der Waals surface area (Å²) in [6.45, 7) is 0.372. The summed E-state index contributed by atoms with van der Waals surface area (Å²) in [5.41, 5.74) is 6.10. The van der Waals surface area contributed by atoms with Crippen molar-refractivity contribution >= 4 is 17.5 Å². The van der Waals surface area contributed by atoms with Crippen molar-refractivity contribution in [1.29, 1.82) is 0 Å². The highest BCUT2D eigenvalue weighted by Gasteiger charge is 1.98. The summed E-state index contributed by atoms with van der Waals surface area (Å²) in [6.07, 6.45) is 0. The molecule has 1 aromatic heterocycles. The summed E-state index contributed by atoms with van der Waals surface area (Å²) in [5.74, 6) is 0.498. The van der Waals surface area contributed by atoms with Crippen molar-refractivity contribution in [3.8, 4) is 0 Å². The fourth-order valence-electron chi connectivity index (χ4n) is 0.681. The molecule has 3 N–H and O–H groups in total. The van der Waals surface area contributed by atoms with E-state index in [1.54, 1.807) is 13.1 Å². The lowest BCUT2D eigenvalue weighted by Gasteiger charge is -2.00. The van der Waals surface area contributed by atoms with Gasteiger partial charge in [0.15, 0.2) is 0 Å². The summed E-state index contributed by atoms with van der Waals surface area (Å²) in [4.78, 5) is 7.93. The number of nitrogens with one attached hydrogen (secondary N) is 1. The molecule has 0 spiro atoms. The van der Waals surface area contributed by atoms with Crippen molar-refractivity contribution in [2.24, 2.45) is 5.73 Å². The normalized spacial score (nSPS) is 9.73. The first-order valence-corrected chi connectivity index (χ1v) is 3.55. The van der Waals surface area contributed by atoms with Crippen LogP contribution in [0.15, 0.2) is 6.07 Å². The Morgan fingerprint density at radius 3 is 2.91 bits per heavy atom. The van der Waals surface area contributed by atoms with Crippen molar-refractivity contribution < 1.29 is 0 Å². The van der Waals surface area contributed by atoms with E-state index in [4.69, 9.17) is 17.3 Å². The van der Waals surface area contributed by atoms with E-state index in [1.165, 1.54) is 0 Å². The van der Waals surface area contributed by atoms with Gasteiger partial charge in [0.2, 0.25) is 5.95 Å². The molecule has 1 heterocycles. The lowest BCUT2D eigenvalue weighted by molar-refractivity contribution is 0.966. The standard InChI is InChI=1S/C6H9ClN4/c1-9-6-10-4(3-8)2-5(7)11-6/h2H,3,8H2,1H3,(H,9,10,11). The topological polar surface area (TPSA) is 63.8 Å². The maximum Gasteiger partial charge on any atom is 0.224 e. The number of halogens is 1. The molecule has 0 aliphatic carbocycles. The first kappa shape index (κ1) is 8.23. The van der Waals surface area contributed by atoms with Gasteiger partial charge in [-0.1, -0.05) is 11.6 Å². The highest BCUT2D eigenvalue weighted by molar-refractivity contribution is 6.29. The van der Waals surface area contributed by atoms with Crippen molar-refractivity contribution in [3.63, 3.8) is 0 Å². The summed E-state index contributed by atoms with van der Waals surface area (Å²) >= 11 is 5.66. The predicted octanol–water partition coefficient (Wildman–Crippen LogP) is 0.630. The molecule has 0 aliphatic heterocycles. The van der Waals surface area contributed by atoms with E-state index < -0.39 is 0 Å². The molecule has 1 aromatic rings. The second-order valence-electron chi connectivity index (χ2n) is 1.96. The predicted molar refractivity (Wildman–Crippen MR) is 44.5 cm³/mol. The number of nitrogens with two attached hydrogens (primary N) is 1. The van der Waals surface area contributed by atoms with E-state index in [9.17, 15) is 0 Å². The van der Waals surface area contributed by atoms with Gasteiger partial charge < -0.3 is 11.1 Å². The molecular weight excluding hydrogens is 164 g/mol. The van der Waals surface area contributed by atoms with Gasteiger partial charge in [0.1, 0.15) is 5.15 Å². The zero-order valence-electron chi connectivity index (χ0n) is 6.13. The van der Waals surface area contributed by atoms with E-state index in [1.807, 2.05) is 0 Å². The summed E-state index contributed by atoms with van der Waals surface area (Å²) in [7, 11) is 1.73. The van der Waals surface area contributed by atoms with Crippen LogP contribution in [-0.4, -0.2) is 17.0 Å². The van der Waals surface area contributed by atoms with Gasteiger partial charge in [0.25, 0.3) is 0 Å². The minimum atomic E-state index is 0.372. The van der Waals surface area contributed by atoms with Crippen molar-refractivity contribution in [3.05, 3.63) is 16.9 Å². The van der Waals surface area contributed by atoms with Crippen LogP contribution in [0, 0.1) is 0 Å². The minimum absolute atomic E-state index is 0.372. The first-order chi connectivity index (χ1) is 5.26. The van der Waals surface area contributed by atoms with E-state index in [0.717, 1.165) is 5.69 Å². The van der Waals surface area contributed by atoms with Crippen LogP contribution in [-0.2, 0) is 6.54 Å². The van der Waals surface area contributed by atoms with E-state index in [2.05, 4.69) is 15.3 Å². The van der Waals surface area contributed by atoms with Crippen molar-refractivity contribution in [2.75, 3.05) is 12.4 Å². The molecule has 5 heteroatoms. The Kier molecular flexibility index (Phi) is 2.62. The van der Waals surface area contributed by atoms with Crippen molar-refractivity contribution in [2.45, 2.75) is 6.54 Å². The molecule has 0 unspecified atom stereocenters.